The summed E-state index contributed by atoms with van der Waals surface area (Å²) in [5.74, 6) is 0. The van der Waals surface area contributed by atoms with E-state index in [4.69, 9.17) is 16.4 Å². The third kappa shape index (κ3) is 4.03. The van der Waals surface area contributed by atoms with Gasteiger partial charge in [-0.05, 0) is 17.7 Å². The van der Waals surface area contributed by atoms with E-state index >= 15 is 0 Å². The van der Waals surface area contributed by atoms with Crippen LogP contribution < -0.4 is 0 Å². The van der Waals surface area contributed by atoms with Crippen molar-refractivity contribution in [3.8, 4) is 0 Å². The predicted octanol–water partition coefficient (Wildman–Crippen LogP) is 4.83. The Kier molecular flexibility index (Phi) is 5.07. The molecular formula is C15H12ClF2NO. The molecule has 0 unspecified atom stereocenters. The molecule has 0 saturated heterocycles. The molecule has 0 aromatic heterocycles. The van der Waals surface area contributed by atoms with Gasteiger partial charge in [0.1, 0.15) is 6.61 Å². The lowest BCUT2D eigenvalue weighted by atomic mass is 10.1. The minimum absolute atomic E-state index is 0.0416. The van der Waals surface area contributed by atoms with Gasteiger partial charge in [-0.25, -0.2) is 8.78 Å². The number of alkyl halides is 2. The molecule has 0 spiro atoms. The highest BCUT2D eigenvalue weighted by atomic mass is 35.5. The molecule has 0 aliphatic rings. The van der Waals surface area contributed by atoms with E-state index in [2.05, 4.69) is 5.16 Å². The monoisotopic (exact) mass is 295 g/mol. The van der Waals surface area contributed by atoms with Crippen molar-refractivity contribution in [2.45, 2.75) is 13.0 Å². The molecule has 104 valence electrons. The van der Waals surface area contributed by atoms with Gasteiger partial charge in [-0.2, -0.15) is 0 Å². The average molecular weight is 296 g/mol. The number of hydrogen-bond donors (Lipinski definition) is 0. The molecule has 0 N–H and O–H groups in total. The summed E-state index contributed by atoms with van der Waals surface area (Å²) < 4.78 is 25.0. The first-order valence-electron chi connectivity index (χ1n) is 5.93. The number of benzene rings is 2. The van der Waals surface area contributed by atoms with E-state index in [0.717, 1.165) is 5.56 Å². The van der Waals surface area contributed by atoms with Crippen LogP contribution in [0.3, 0.4) is 0 Å². The van der Waals surface area contributed by atoms with Gasteiger partial charge >= 0.3 is 0 Å². The van der Waals surface area contributed by atoms with Crippen LogP contribution in [0.15, 0.2) is 53.7 Å². The van der Waals surface area contributed by atoms with Gasteiger partial charge in [-0.1, -0.05) is 53.2 Å². The lowest BCUT2D eigenvalue weighted by Crippen LogP contribution is -1.90. The van der Waals surface area contributed by atoms with Gasteiger partial charge in [0.25, 0.3) is 6.43 Å². The first-order chi connectivity index (χ1) is 9.66. The molecule has 0 bridgehead atoms. The zero-order valence-electron chi connectivity index (χ0n) is 10.5. The molecule has 0 fully saturated rings. The topological polar surface area (TPSA) is 21.6 Å². The zero-order chi connectivity index (χ0) is 14.4. The lowest BCUT2D eigenvalue weighted by molar-refractivity contribution is 0.132. The largest absolute Gasteiger partial charge is 0.391 e. The molecule has 0 aliphatic heterocycles. The van der Waals surface area contributed by atoms with Crippen molar-refractivity contribution in [1.29, 1.82) is 0 Å². The Hall–Kier alpha value is -1.94. The molecule has 5 heteroatoms. The highest BCUT2D eigenvalue weighted by Gasteiger charge is 2.06. The fraction of sp³-hybridized carbons (Fsp3) is 0.133. The molecule has 2 rings (SSSR count). The van der Waals surface area contributed by atoms with E-state index in [-0.39, 0.29) is 12.2 Å². The van der Waals surface area contributed by atoms with Gasteiger partial charge in [0.05, 0.1) is 6.21 Å². The highest BCUT2D eigenvalue weighted by Crippen LogP contribution is 2.19. The van der Waals surface area contributed by atoms with E-state index in [1.54, 1.807) is 18.2 Å². The predicted molar refractivity (Wildman–Crippen MR) is 75.2 cm³/mol. The maximum atomic E-state index is 12.5. The molecule has 0 radical (unpaired) electrons. The Morgan fingerprint density at radius 1 is 1.15 bits per heavy atom. The van der Waals surface area contributed by atoms with Crippen molar-refractivity contribution in [2.75, 3.05) is 0 Å². The van der Waals surface area contributed by atoms with Gasteiger partial charge in [0, 0.05) is 16.1 Å². The van der Waals surface area contributed by atoms with Crippen LogP contribution in [0.4, 0.5) is 8.78 Å². The second-order valence-electron chi connectivity index (χ2n) is 4.07. The quantitative estimate of drug-likeness (QED) is 0.572. The molecule has 0 aliphatic carbocycles. The van der Waals surface area contributed by atoms with Gasteiger partial charge in [-0.15, -0.1) is 0 Å². The summed E-state index contributed by atoms with van der Waals surface area (Å²) in [7, 11) is 0. The molecule has 0 amide bonds. The van der Waals surface area contributed by atoms with Crippen LogP contribution in [-0.4, -0.2) is 6.21 Å². The maximum Gasteiger partial charge on any atom is 0.263 e. The standard InChI is InChI=1S/C15H12ClF2NO/c16-14-7-2-1-5-13(14)10-20-19-9-11-4-3-6-12(8-11)15(17)18/h1-9,15H,10H2. The van der Waals surface area contributed by atoms with Gasteiger partial charge in [0.2, 0.25) is 0 Å². The highest BCUT2D eigenvalue weighted by molar-refractivity contribution is 6.31. The van der Waals surface area contributed by atoms with Crippen LogP contribution in [0.25, 0.3) is 0 Å². The van der Waals surface area contributed by atoms with E-state index in [1.165, 1.54) is 18.3 Å². The maximum absolute atomic E-state index is 12.5. The summed E-state index contributed by atoms with van der Waals surface area (Å²) in [4.78, 5) is 5.10. The van der Waals surface area contributed by atoms with Crippen LogP contribution in [-0.2, 0) is 11.4 Å². The van der Waals surface area contributed by atoms with Gasteiger partial charge in [-0.3, -0.25) is 0 Å². The Bertz CT molecular complexity index is 602. The van der Waals surface area contributed by atoms with Crippen molar-refractivity contribution in [3.63, 3.8) is 0 Å². The van der Waals surface area contributed by atoms with Crippen molar-refractivity contribution in [2.24, 2.45) is 5.16 Å². The normalized spacial score (nSPS) is 11.2. The Morgan fingerprint density at radius 3 is 2.70 bits per heavy atom. The smallest absolute Gasteiger partial charge is 0.263 e. The van der Waals surface area contributed by atoms with Crippen molar-refractivity contribution in [1.82, 2.24) is 0 Å². The van der Waals surface area contributed by atoms with Crippen molar-refractivity contribution in [3.05, 3.63) is 70.2 Å². The van der Waals surface area contributed by atoms with E-state index in [1.807, 2.05) is 18.2 Å². The summed E-state index contributed by atoms with van der Waals surface area (Å²) in [6.07, 6.45) is -1.10. The van der Waals surface area contributed by atoms with Crippen LogP contribution >= 0.6 is 11.6 Å². The van der Waals surface area contributed by atoms with Crippen molar-refractivity contribution < 1.29 is 13.6 Å². The lowest BCUT2D eigenvalue weighted by Gasteiger charge is -2.02. The molecule has 0 atom stereocenters. The zero-order valence-corrected chi connectivity index (χ0v) is 11.2. The number of nitrogens with zero attached hydrogens (tertiary/aromatic N) is 1. The molecular weight excluding hydrogens is 284 g/mol. The Labute approximate surface area is 120 Å². The fourth-order valence-electron chi connectivity index (χ4n) is 1.60. The third-order valence-electron chi connectivity index (χ3n) is 2.62. The van der Waals surface area contributed by atoms with Gasteiger partial charge in [0.15, 0.2) is 0 Å². The van der Waals surface area contributed by atoms with Crippen molar-refractivity contribution >= 4 is 17.8 Å². The third-order valence-corrected chi connectivity index (χ3v) is 2.99. The summed E-state index contributed by atoms with van der Waals surface area (Å²) >= 11 is 5.96. The summed E-state index contributed by atoms with van der Waals surface area (Å²) in [6.45, 7) is 0.227. The number of hydrogen-bond acceptors (Lipinski definition) is 2. The van der Waals surface area contributed by atoms with Crippen LogP contribution in [0.1, 0.15) is 23.1 Å². The second-order valence-corrected chi connectivity index (χ2v) is 4.48. The van der Waals surface area contributed by atoms with E-state index in [9.17, 15) is 8.78 Å². The van der Waals surface area contributed by atoms with Crippen LogP contribution in [0, 0.1) is 0 Å². The molecule has 0 heterocycles. The fourth-order valence-corrected chi connectivity index (χ4v) is 1.79. The molecule has 2 nitrogen and oxygen atoms in total. The average Bonchev–Trinajstić information content (AvgIpc) is 2.45. The summed E-state index contributed by atoms with van der Waals surface area (Å²) in [6, 6.07) is 13.2. The number of halogens is 3. The van der Waals surface area contributed by atoms with Crippen LogP contribution in [0.2, 0.25) is 5.02 Å². The Balaban J connectivity index is 1.94. The number of oxime groups is 1. The minimum Gasteiger partial charge on any atom is -0.391 e. The second kappa shape index (κ2) is 7.01. The molecule has 0 saturated carbocycles. The minimum atomic E-state index is -2.49. The number of rotatable bonds is 5. The van der Waals surface area contributed by atoms with Crippen LogP contribution in [0.5, 0.6) is 0 Å². The summed E-state index contributed by atoms with van der Waals surface area (Å²) in [5, 5.41) is 4.35. The van der Waals surface area contributed by atoms with E-state index in [0.29, 0.717) is 10.6 Å². The summed E-state index contributed by atoms with van der Waals surface area (Å²) in [5.41, 5.74) is 1.33. The first kappa shape index (κ1) is 14.5. The molecule has 20 heavy (non-hydrogen) atoms. The first-order valence-corrected chi connectivity index (χ1v) is 6.31. The Morgan fingerprint density at radius 2 is 1.95 bits per heavy atom. The van der Waals surface area contributed by atoms with E-state index < -0.39 is 6.43 Å². The SMILES string of the molecule is FC(F)c1cccc(C=NOCc2ccccc2Cl)c1. The molecule has 2 aromatic rings. The molecule has 2 aromatic carbocycles. The van der Waals surface area contributed by atoms with Gasteiger partial charge < -0.3 is 4.84 Å².